The van der Waals surface area contributed by atoms with Crippen LogP contribution in [0.5, 0.6) is 0 Å². The number of hydrogen-bond acceptors (Lipinski definition) is 15. The zero-order chi connectivity index (χ0) is 39.6. The van der Waals surface area contributed by atoms with E-state index in [4.69, 9.17) is 18.9 Å². The third-order valence-corrected chi connectivity index (χ3v) is 15.1. The van der Waals surface area contributed by atoms with Gasteiger partial charge in [0.2, 0.25) is 0 Å². The molecule has 0 bridgehead atoms. The van der Waals surface area contributed by atoms with Crippen molar-refractivity contribution in [2.24, 2.45) is 52.3 Å². The Kier molecular flexibility index (Phi) is 13.0. The van der Waals surface area contributed by atoms with Gasteiger partial charge in [-0.15, -0.1) is 0 Å². The first-order valence-electron chi connectivity index (χ1n) is 20.2. The van der Waals surface area contributed by atoms with Crippen LogP contribution in [-0.2, 0) is 23.7 Å². The van der Waals surface area contributed by atoms with Gasteiger partial charge < -0.3 is 70.0 Å². The molecule has 0 amide bonds. The van der Waals surface area contributed by atoms with Gasteiger partial charge >= 0.3 is 0 Å². The molecule has 2 saturated heterocycles. The first-order valence-corrected chi connectivity index (χ1v) is 20.2. The number of carbonyl (C=O) groups is 1. The van der Waals surface area contributed by atoms with Gasteiger partial charge in [0.05, 0.1) is 37.6 Å². The van der Waals surface area contributed by atoms with E-state index >= 15 is 0 Å². The summed E-state index contributed by atoms with van der Waals surface area (Å²) in [6.45, 7) is 9.17. The van der Waals surface area contributed by atoms with Crippen LogP contribution in [0.25, 0.3) is 0 Å². The highest BCUT2D eigenvalue weighted by molar-refractivity contribution is 5.83. The molecule has 22 atom stereocenters. The molecule has 312 valence electrons. The van der Waals surface area contributed by atoms with Crippen molar-refractivity contribution in [1.82, 2.24) is 0 Å². The molecule has 0 radical (unpaired) electrons. The molecule has 2 heterocycles. The molecule has 6 aliphatic rings. The van der Waals surface area contributed by atoms with E-state index in [0.717, 1.165) is 12.8 Å². The predicted octanol–water partition coefficient (Wildman–Crippen LogP) is -0.792. The molecule has 15 nitrogen and oxygen atoms in total. The molecule has 15 heteroatoms. The summed E-state index contributed by atoms with van der Waals surface area (Å²) in [5.41, 5.74) is -0.494. The molecule has 0 aromatic carbocycles. The molecule has 0 unspecified atom stereocenters. The zero-order valence-electron chi connectivity index (χ0n) is 32.2. The summed E-state index contributed by atoms with van der Waals surface area (Å²) in [4.78, 5) is 14.1. The number of aliphatic hydroxyl groups excluding tert-OH is 10. The van der Waals surface area contributed by atoms with Gasteiger partial charge in [0, 0.05) is 12.3 Å². The number of ketones is 1. The standard InChI is InChI=1S/C39H66O15/c1-16(2)29(44)25(43)10-17(3)28-24(42)13-21-19-12-23(41)22-11-18(6-8-38(22,4)20(19)7-9-39(21,28)5)52-37-35(50)33(48)31(46)27(54-37)15-51-36-34(49)32(47)30(45)26(14-40)53-36/h16-22,24-37,40,42-50H,6-15H2,1-5H3/t17-,18+,19+,20+,21-,22-,24+,25-,26-,27-,28+,29+,30-,31-,32+,33+,34-,35-,36-,37-,38-,39+/m1/s1. The van der Waals surface area contributed by atoms with E-state index in [2.05, 4.69) is 20.8 Å². The van der Waals surface area contributed by atoms with E-state index in [0.29, 0.717) is 38.5 Å². The topological polar surface area (TPSA) is 256 Å². The molecule has 4 saturated carbocycles. The molecule has 54 heavy (non-hydrogen) atoms. The number of carbonyl (C=O) groups excluding carboxylic acids is 1. The van der Waals surface area contributed by atoms with Crippen LogP contribution in [0.15, 0.2) is 0 Å². The van der Waals surface area contributed by atoms with Gasteiger partial charge in [0.25, 0.3) is 0 Å². The predicted molar refractivity (Wildman–Crippen MR) is 189 cm³/mol. The minimum Gasteiger partial charge on any atom is -0.394 e. The lowest BCUT2D eigenvalue weighted by atomic mass is 9.44. The van der Waals surface area contributed by atoms with Crippen LogP contribution < -0.4 is 0 Å². The lowest BCUT2D eigenvalue weighted by Crippen LogP contribution is -2.62. The van der Waals surface area contributed by atoms with Gasteiger partial charge in [-0.1, -0.05) is 34.6 Å². The molecule has 0 aromatic rings. The molecule has 2 aliphatic heterocycles. The second-order valence-corrected chi connectivity index (χ2v) is 18.6. The Hall–Kier alpha value is -0.890. The Balaban J connectivity index is 1.09. The third-order valence-electron chi connectivity index (χ3n) is 15.1. The summed E-state index contributed by atoms with van der Waals surface area (Å²) >= 11 is 0. The lowest BCUT2D eigenvalue weighted by molar-refractivity contribution is -0.337. The summed E-state index contributed by atoms with van der Waals surface area (Å²) < 4.78 is 23.1. The van der Waals surface area contributed by atoms with Gasteiger partial charge in [0.1, 0.15) is 54.6 Å². The highest BCUT2D eigenvalue weighted by atomic mass is 16.7. The van der Waals surface area contributed by atoms with Gasteiger partial charge in [-0.2, -0.15) is 0 Å². The van der Waals surface area contributed by atoms with Crippen LogP contribution >= 0.6 is 0 Å². The minimum atomic E-state index is -1.68. The maximum Gasteiger partial charge on any atom is 0.186 e. The fourth-order valence-electron chi connectivity index (χ4n) is 12.1. The number of aliphatic hydroxyl groups is 10. The molecule has 6 fully saturated rings. The number of ether oxygens (including phenoxy) is 4. The van der Waals surface area contributed by atoms with Crippen molar-refractivity contribution in [1.29, 1.82) is 0 Å². The first-order chi connectivity index (χ1) is 25.3. The van der Waals surface area contributed by atoms with Crippen molar-refractivity contribution in [3.05, 3.63) is 0 Å². The van der Waals surface area contributed by atoms with Crippen molar-refractivity contribution < 1.29 is 74.8 Å². The average Bonchev–Trinajstić information content (AvgIpc) is 3.41. The SMILES string of the molecule is CC(C)[C@H](O)[C@H](O)C[C@@H](C)[C@H]1[C@@H](O)C[C@@H]2[C@H]3CC(=O)[C@H]4C[C@@H](O[C@@H]5O[C@H](CO[C@@H]6O[C@H](CO)[C@@H](O)[C@H](O)[C@H]6O)[C@@H](O)[C@H](O)[C@H]5O)CC[C@]4(C)[C@H]3CC[C@]12C. The van der Waals surface area contributed by atoms with E-state index in [9.17, 15) is 55.9 Å². The fraction of sp³-hybridized carbons (Fsp3) is 0.974. The monoisotopic (exact) mass is 774 g/mol. The minimum absolute atomic E-state index is 0.0129. The summed E-state index contributed by atoms with van der Waals surface area (Å²) in [5.74, 6) is 0.268. The smallest absolute Gasteiger partial charge is 0.186 e. The maximum absolute atomic E-state index is 14.1. The highest BCUT2D eigenvalue weighted by Crippen LogP contribution is 2.68. The molecular formula is C39H66O15. The van der Waals surface area contributed by atoms with Gasteiger partial charge in [-0.3, -0.25) is 4.79 Å². The quantitative estimate of drug-likeness (QED) is 0.116. The van der Waals surface area contributed by atoms with Crippen molar-refractivity contribution in [2.45, 2.75) is 172 Å². The Morgan fingerprint density at radius 3 is 2.04 bits per heavy atom. The lowest BCUT2D eigenvalue weighted by Gasteiger charge is -2.60. The van der Waals surface area contributed by atoms with E-state index in [1.165, 1.54) is 0 Å². The molecule has 0 aromatic heterocycles. The summed E-state index contributed by atoms with van der Waals surface area (Å²) in [6, 6.07) is 0. The van der Waals surface area contributed by atoms with Crippen LogP contribution in [0.4, 0.5) is 0 Å². The number of rotatable bonds is 11. The van der Waals surface area contributed by atoms with Crippen LogP contribution in [0.1, 0.15) is 86.0 Å². The largest absolute Gasteiger partial charge is 0.394 e. The first kappa shape index (κ1) is 42.7. The molecular weight excluding hydrogens is 708 g/mol. The van der Waals surface area contributed by atoms with Gasteiger partial charge in [-0.05, 0) is 91.3 Å². The van der Waals surface area contributed by atoms with Crippen molar-refractivity contribution >= 4 is 5.78 Å². The highest BCUT2D eigenvalue weighted by Gasteiger charge is 2.65. The Morgan fingerprint density at radius 1 is 0.778 bits per heavy atom. The number of hydrogen-bond donors (Lipinski definition) is 10. The summed E-state index contributed by atoms with van der Waals surface area (Å²) in [6.07, 6.45) is -13.0. The van der Waals surface area contributed by atoms with E-state index in [-0.39, 0.29) is 58.0 Å². The average molecular weight is 775 g/mol. The Morgan fingerprint density at radius 2 is 1.39 bits per heavy atom. The second-order valence-electron chi connectivity index (χ2n) is 18.6. The van der Waals surface area contributed by atoms with Crippen molar-refractivity contribution in [3.63, 3.8) is 0 Å². The van der Waals surface area contributed by atoms with Crippen molar-refractivity contribution in [3.8, 4) is 0 Å². The molecule has 0 spiro atoms. The fourth-order valence-corrected chi connectivity index (χ4v) is 12.1. The van der Waals surface area contributed by atoms with E-state index in [1.807, 2.05) is 13.8 Å². The second kappa shape index (κ2) is 16.4. The maximum atomic E-state index is 14.1. The van der Waals surface area contributed by atoms with Gasteiger partial charge in [0.15, 0.2) is 12.6 Å². The molecule has 4 aliphatic carbocycles. The van der Waals surface area contributed by atoms with Crippen LogP contribution in [0, 0.1) is 52.3 Å². The van der Waals surface area contributed by atoms with Crippen LogP contribution in [-0.4, -0.2) is 156 Å². The van der Waals surface area contributed by atoms with Crippen LogP contribution in [0.2, 0.25) is 0 Å². The van der Waals surface area contributed by atoms with Gasteiger partial charge in [-0.25, -0.2) is 0 Å². The zero-order valence-corrected chi connectivity index (χ0v) is 32.2. The third kappa shape index (κ3) is 7.58. The normalized spacial score (nSPS) is 51.3. The Bertz CT molecular complexity index is 1290. The summed E-state index contributed by atoms with van der Waals surface area (Å²) in [5, 5.41) is 105. The van der Waals surface area contributed by atoms with Crippen molar-refractivity contribution in [2.75, 3.05) is 13.2 Å². The number of fused-ring (bicyclic) bond motifs is 5. The molecule has 6 rings (SSSR count). The molecule has 10 N–H and O–H groups in total. The van der Waals surface area contributed by atoms with E-state index in [1.54, 1.807) is 0 Å². The van der Waals surface area contributed by atoms with E-state index < -0.39 is 99.0 Å². The van der Waals surface area contributed by atoms with Crippen LogP contribution in [0.3, 0.4) is 0 Å². The summed E-state index contributed by atoms with van der Waals surface area (Å²) in [7, 11) is 0. The number of Topliss-reactive ketones (excluding diaryl/α,β-unsaturated/α-hetero) is 1. The Labute approximate surface area is 317 Å².